The van der Waals surface area contributed by atoms with Crippen molar-refractivity contribution in [2.24, 2.45) is 21.7 Å². The number of carbonyl (C=O) groups excluding carboxylic acids is 4. The maximum atomic E-state index is 10.0. The van der Waals surface area contributed by atoms with Crippen LogP contribution in [0.4, 0.5) is 0 Å². The summed E-state index contributed by atoms with van der Waals surface area (Å²) in [5.74, 6) is -4.36. The van der Waals surface area contributed by atoms with E-state index in [0.717, 1.165) is 0 Å². The zero-order valence-corrected chi connectivity index (χ0v) is 21.8. The molecule has 0 aliphatic carbocycles. The molecule has 0 bridgehead atoms. The third-order valence-electron chi connectivity index (χ3n) is 3.38. The molecule has 0 unspecified atom stereocenters. The monoisotopic (exact) mass is 562 g/mol. The van der Waals surface area contributed by atoms with Gasteiger partial charge in [-0.25, -0.2) is 0 Å². The second-order valence-electron chi connectivity index (χ2n) is 8.58. The van der Waals surface area contributed by atoms with Crippen LogP contribution in [-0.4, -0.2) is 69.4 Å². The number of carbonyl (C=O) groups is 8. The van der Waals surface area contributed by atoms with Crippen LogP contribution >= 0.6 is 0 Å². The minimum Gasteiger partial charge on any atom is -0.481 e. The van der Waals surface area contributed by atoms with Crippen molar-refractivity contribution < 1.29 is 79.8 Å². The van der Waals surface area contributed by atoms with E-state index in [-0.39, 0.29) is 21.1 Å². The normalized spacial score (nSPS) is 10.4. The molecular formula is C20H32MoO12. The van der Waals surface area contributed by atoms with Gasteiger partial charge in [0, 0.05) is 21.1 Å². The van der Waals surface area contributed by atoms with E-state index in [1.165, 1.54) is 55.4 Å². The van der Waals surface area contributed by atoms with E-state index in [1.807, 2.05) is 0 Å². The first-order valence-corrected chi connectivity index (χ1v) is 8.81. The number of hydrogen-bond acceptors (Lipinski definition) is 8. The molecule has 0 heterocycles. The molecular weight excluding hydrogens is 528 g/mol. The summed E-state index contributed by atoms with van der Waals surface area (Å²) in [6, 6.07) is 0. The van der Waals surface area contributed by atoms with Crippen molar-refractivity contribution in [3.05, 3.63) is 0 Å². The summed E-state index contributed by atoms with van der Waals surface area (Å²) in [6.45, 7) is 10.8. The number of carboxylic acid groups (broad SMARTS) is 4. The first-order valence-electron chi connectivity index (χ1n) is 8.81. The quantitative estimate of drug-likeness (QED) is 0.187. The van der Waals surface area contributed by atoms with Crippen molar-refractivity contribution in [2.45, 2.75) is 55.4 Å². The summed E-state index contributed by atoms with van der Waals surface area (Å²) in [6.07, 6.45) is 1.65. The molecule has 13 heteroatoms. The van der Waals surface area contributed by atoms with E-state index < -0.39 is 45.5 Å². The molecule has 0 radical (unpaired) electrons. The van der Waals surface area contributed by atoms with Crippen LogP contribution in [0.25, 0.3) is 0 Å². The number of carboxylic acids is 4. The minimum atomic E-state index is -1.22. The molecule has 0 spiro atoms. The Balaban J connectivity index is -0.000000105. The fraction of sp³-hybridized carbons (Fsp3) is 0.600. The van der Waals surface area contributed by atoms with Gasteiger partial charge in [0.1, 0.15) is 46.8 Å². The fourth-order valence-corrected chi connectivity index (χ4v) is 0.202. The largest absolute Gasteiger partial charge is 0.481 e. The molecule has 33 heavy (non-hydrogen) atoms. The predicted molar refractivity (Wildman–Crippen MR) is 110 cm³/mol. The smallest absolute Gasteiger partial charge is 0.316 e. The van der Waals surface area contributed by atoms with Gasteiger partial charge in [-0.3, -0.25) is 19.2 Å². The van der Waals surface area contributed by atoms with Gasteiger partial charge < -0.3 is 39.6 Å². The third-order valence-corrected chi connectivity index (χ3v) is 3.38. The van der Waals surface area contributed by atoms with Crippen LogP contribution in [0.15, 0.2) is 0 Å². The van der Waals surface area contributed by atoms with E-state index in [9.17, 15) is 38.4 Å². The fourth-order valence-electron chi connectivity index (χ4n) is 0.202. The van der Waals surface area contributed by atoms with Gasteiger partial charge in [0.2, 0.25) is 0 Å². The Bertz CT molecular complexity index is 586. The molecule has 0 fully saturated rings. The summed E-state index contributed by atoms with van der Waals surface area (Å²) in [5.41, 5.74) is -4.89. The van der Waals surface area contributed by atoms with Crippen LogP contribution in [0.3, 0.4) is 0 Å². The van der Waals surface area contributed by atoms with Crippen molar-refractivity contribution >= 4 is 49.0 Å². The van der Waals surface area contributed by atoms with Crippen LogP contribution in [0.1, 0.15) is 55.4 Å². The van der Waals surface area contributed by atoms with E-state index in [0.29, 0.717) is 25.1 Å². The Morgan fingerprint density at radius 2 is 0.515 bits per heavy atom. The number of hydrogen-bond donors (Lipinski definition) is 4. The van der Waals surface area contributed by atoms with Crippen LogP contribution in [0.5, 0.6) is 0 Å². The van der Waals surface area contributed by atoms with Crippen LogP contribution in [-0.2, 0) is 59.4 Å². The number of aliphatic carboxylic acids is 4. The van der Waals surface area contributed by atoms with E-state index in [2.05, 4.69) is 0 Å². The Hall–Kier alpha value is -2.75. The topological polar surface area (TPSA) is 217 Å². The third kappa shape index (κ3) is 19.6. The summed E-state index contributed by atoms with van der Waals surface area (Å²) in [4.78, 5) is 79.6. The van der Waals surface area contributed by atoms with Gasteiger partial charge in [-0.1, -0.05) is 0 Å². The summed E-state index contributed by atoms with van der Waals surface area (Å²) in [5, 5.41) is 32.8. The molecule has 12 nitrogen and oxygen atoms in total. The molecule has 0 saturated heterocycles. The second-order valence-corrected chi connectivity index (χ2v) is 8.58. The van der Waals surface area contributed by atoms with Gasteiger partial charge in [0.05, 0.1) is 0 Å². The molecule has 190 valence electrons. The van der Waals surface area contributed by atoms with Crippen molar-refractivity contribution in [3.63, 3.8) is 0 Å². The Morgan fingerprint density at radius 3 is 0.515 bits per heavy atom. The summed E-state index contributed by atoms with van der Waals surface area (Å²) < 4.78 is 0. The molecule has 0 aliphatic rings. The summed E-state index contributed by atoms with van der Waals surface area (Å²) in [7, 11) is 0. The minimum absolute atomic E-state index is 0. The zero-order chi connectivity index (χ0) is 27.1. The Morgan fingerprint density at radius 1 is 0.424 bits per heavy atom. The van der Waals surface area contributed by atoms with Crippen molar-refractivity contribution in [1.82, 2.24) is 0 Å². The zero-order valence-electron chi connectivity index (χ0n) is 19.8. The molecule has 4 N–H and O–H groups in total. The predicted octanol–water partition coefficient (Wildman–Crippen LogP) is 1.18. The van der Waals surface area contributed by atoms with Crippen molar-refractivity contribution in [1.29, 1.82) is 0 Å². The van der Waals surface area contributed by atoms with Gasteiger partial charge in [-0.05, 0) is 55.4 Å². The second kappa shape index (κ2) is 16.8. The molecule has 0 rings (SSSR count). The maximum Gasteiger partial charge on any atom is 0.316 e. The van der Waals surface area contributed by atoms with Crippen LogP contribution in [0, 0.1) is 21.7 Å². The van der Waals surface area contributed by atoms with Gasteiger partial charge in [-0.2, -0.15) is 0 Å². The van der Waals surface area contributed by atoms with Gasteiger partial charge in [0.25, 0.3) is 0 Å². The Labute approximate surface area is 206 Å². The molecule has 0 aromatic carbocycles. The first kappa shape index (κ1) is 40.6. The molecule has 0 aromatic heterocycles. The molecule has 0 atom stereocenters. The first-order chi connectivity index (χ1) is 14.0. The van der Waals surface area contributed by atoms with Gasteiger partial charge in [-0.15, -0.1) is 0 Å². The average Bonchev–Trinajstić information content (AvgIpc) is 2.68. The average molecular weight is 560 g/mol. The number of aldehydes is 4. The number of rotatable bonds is 8. The van der Waals surface area contributed by atoms with Crippen molar-refractivity contribution in [3.8, 4) is 0 Å². The maximum absolute atomic E-state index is 10.0. The molecule has 0 amide bonds. The Kier molecular flexibility index (Phi) is 20.7. The standard InChI is InChI=1S/4C5H8O3.Mo/c4*1-5(2,3-6)4(7)8;/h4*3H,1-2H3,(H,7,8);. The van der Waals surface area contributed by atoms with E-state index in [1.54, 1.807) is 0 Å². The van der Waals surface area contributed by atoms with Crippen LogP contribution in [0.2, 0.25) is 0 Å². The van der Waals surface area contributed by atoms with E-state index >= 15 is 0 Å². The van der Waals surface area contributed by atoms with Crippen molar-refractivity contribution in [2.75, 3.05) is 0 Å². The van der Waals surface area contributed by atoms with Crippen LogP contribution < -0.4 is 0 Å². The van der Waals surface area contributed by atoms with Gasteiger partial charge >= 0.3 is 23.9 Å². The molecule has 0 saturated carbocycles. The molecule has 0 aromatic rings. The molecule has 0 aliphatic heterocycles. The van der Waals surface area contributed by atoms with Gasteiger partial charge in [0.15, 0.2) is 0 Å². The van der Waals surface area contributed by atoms with E-state index in [4.69, 9.17) is 20.4 Å². The summed E-state index contributed by atoms with van der Waals surface area (Å²) >= 11 is 0. The SMILES string of the molecule is CC(C)(C=O)C(=O)O.CC(C)(C=O)C(=O)O.CC(C)(C=O)C(=O)O.CC(C)(C=O)C(=O)O.[Mo].